The van der Waals surface area contributed by atoms with E-state index in [0.29, 0.717) is 26.1 Å². The summed E-state index contributed by atoms with van der Waals surface area (Å²) >= 11 is 0. The average Bonchev–Trinajstić information content (AvgIpc) is 2.38. The van der Waals surface area contributed by atoms with E-state index in [0.717, 1.165) is 11.1 Å². The van der Waals surface area contributed by atoms with Gasteiger partial charge in [-0.2, -0.15) is 0 Å². The Hall–Kier alpha value is -1.16. The van der Waals surface area contributed by atoms with Gasteiger partial charge in [0.15, 0.2) is 0 Å². The number of ether oxygens (including phenoxy) is 1. The molecule has 2 saturated heterocycles. The fourth-order valence-corrected chi connectivity index (χ4v) is 3.24. The first-order valence-electron chi connectivity index (χ1n) is 6.49. The molecule has 1 aromatic rings. The number of fused-ring (bicyclic) bond motifs is 2. The molecule has 18 heavy (non-hydrogen) atoms. The topological polar surface area (TPSA) is 41.5 Å². The predicted octanol–water partition coefficient (Wildman–Crippen LogP) is 1.67. The molecule has 3 heteroatoms. The van der Waals surface area contributed by atoms with Crippen LogP contribution < -0.4 is 5.32 Å². The lowest BCUT2D eigenvalue weighted by Gasteiger charge is -2.45. The Morgan fingerprint density at radius 2 is 1.94 bits per heavy atom. The van der Waals surface area contributed by atoms with Crippen LogP contribution in [0.25, 0.3) is 6.08 Å². The number of morpholine rings is 1. The van der Waals surface area contributed by atoms with Crippen molar-refractivity contribution >= 4 is 6.08 Å². The van der Waals surface area contributed by atoms with Crippen molar-refractivity contribution in [2.45, 2.75) is 30.5 Å². The quantitative estimate of drug-likeness (QED) is 0.832. The SMILES string of the molecule is C=Cc1ccccc1C1(O)CC2COCC(C1)N2. The molecule has 2 heterocycles. The lowest BCUT2D eigenvalue weighted by atomic mass is 9.76. The Labute approximate surface area is 107 Å². The summed E-state index contributed by atoms with van der Waals surface area (Å²) in [6.45, 7) is 5.22. The van der Waals surface area contributed by atoms with Gasteiger partial charge in [0, 0.05) is 12.1 Å². The molecule has 0 radical (unpaired) electrons. The fraction of sp³-hybridized carbons (Fsp3) is 0.467. The van der Waals surface area contributed by atoms with Gasteiger partial charge in [0.2, 0.25) is 0 Å². The Kier molecular flexibility index (Phi) is 2.98. The van der Waals surface area contributed by atoms with Crippen molar-refractivity contribution in [2.75, 3.05) is 13.2 Å². The summed E-state index contributed by atoms with van der Waals surface area (Å²) in [4.78, 5) is 0. The molecule has 2 atom stereocenters. The van der Waals surface area contributed by atoms with Gasteiger partial charge in [0.25, 0.3) is 0 Å². The highest BCUT2D eigenvalue weighted by molar-refractivity contribution is 5.53. The van der Waals surface area contributed by atoms with Gasteiger partial charge in [0.05, 0.1) is 18.8 Å². The molecule has 1 aromatic carbocycles. The minimum Gasteiger partial charge on any atom is -0.385 e. The van der Waals surface area contributed by atoms with E-state index in [1.165, 1.54) is 0 Å². The molecule has 2 unspecified atom stereocenters. The largest absolute Gasteiger partial charge is 0.385 e. The minimum atomic E-state index is -0.755. The van der Waals surface area contributed by atoms with Gasteiger partial charge >= 0.3 is 0 Å². The van der Waals surface area contributed by atoms with Crippen molar-refractivity contribution in [2.24, 2.45) is 0 Å². The summed E-state index contributed by atoms with van der Waals surface area (Å²) in [6, 6.07) is 8.48. The molecule has 2 fully saturated rings. The highest BCUT2D eigenvalue weighted by Crippen LogP contribution is 2.38. The molecule has 2 bridgehead atoms. The van der Waals surface area contributed by atoms with Crippen LogP contribution in [0, 0.1) is 0 Å². The lowest BCUT2D eigenvalue weighted by molar-refractivity contribution is -0.0803. The number of aliphatic hydroxyl groups is 1. The van der Waals surface area contributed by atoms with Crippen LogP contribution in [0.15, 0.2) is 30.8 Å². The molecule has 0 spiro atoms. The van der Waals surface area contributed by atoms with Crippen LogP contribution in [0.2, 0.25) is 0 Å². The second-order valence-corrected chi connectivity index (χ2v) is 5.33. The number of piperidine rings is 1. The van der Waals surface area contributed by atoms with Gasteiger partial charge in [-0.25, -0.2) is 0 Å². The van der Waals surface area contributed by atoms with Crippen LogP contribution in [0.1, 0.15) is 24.0 Å². The molecule has 96 valence electrons. The summed E-state index contributed by atoms with van der Waals surface area (Å²) in [5.74, 6) is 0. The van der Waals surface area contributed by atoms with Crippen molar-refractivity contribution in [1.29, 1.82) is 0 Å². The summed E-state index contributed by atoms with van der Waals surface area (Å²) < 4.78 is 5.53. The molecular formula is C15H19NO2. The molecule has 0 saturated carbocycles. The van der Waals surface area contributed by atoms with Crippen molar-refractivity contribution in [1.82, 2.24) is 5.32 Å². The van der Waals surface area contributed by atoms with Gasteiger partial charge in [-0.05, 0) is 24.0 Å². The summed E-state index contributed by atoms with van der Waals surface area (Å²) in [5.41, 5.74) is 1.27. The summed E-state index contributed by atoms with van der Waals surface area (Å²) in [6.07, 6.45) is 3.23. The molecule has 0 aromatic heterocycles. The van der Waals surface area contributed by atoms with Crippen LogP contribution >= 0.6 is 0 Å². The fourth-order valence-electron chi connectivity index (χ4n) is 3.24. The van der Waals surface area contributed by atoms with Crippen molar-refractivity contribution < 1.29 is 9.84 Å². The minimum absolute atomic E-state index is 0.250. The Morgan fingerprint density at radius 1 is 1.28 bits per heavy atom. The maximum absolute atomic E-state index is 11.0. The van der Waals surface area contributed by atoms with Gasteiger partial charge in [-0.3, -0.25) is 0 Å². The van der Waals surface area contributed by atoms with Gasteiger partial charge in [0.1, 0.15) is 0 Å². The zero-order valence-electron chi connectivity index (χ0n) is 10.4. The number of rotatable bonds is 2. The Morgan fingerprint density at radius 3 is 2.61 bits per heavy atom. The van der Waals surface area contributed by atoms with Crippen LogP contribution in [-0.4, -0.2) is 30.4 Å². The monoisotopic (exact) mass is 245 g/mol. The highest BCUT2D eigenvalue weighted by atomic mass is 16.5. The zero-order chi connectivity index (χ0) is 12.6. The van der Waals surface area contributed by atoms with Gasteiger partial charge in [-0.15, -0.1) is 0 Å². The highest BCUT2D eigenvalue weighted by Gasteiger charge is 2.42. The van der Waals surface area contributed by atoms with E-state index < -0.39 is 5.60 Å². The number of hydrogen-bond donors (Lipinski definition) is 2. The molecule has 2 aliphatic heterocycles. The average molecular weight is 245 g/mol. The first-order chi connectivity index (χ1) is 8.71. The number of benzene rings is 1. The van der Waals surface area contributed by atoms with Crippen molar-refractivity contribution in [3.05, 3.63) is 42.0 Å². The van der Waals surface area contributed by atoms with Crippen molar-refractivity contribution in [3.8, 4) is 0 Å². The third kappa shape index (κ3) is 1.99. The molecule has 3 nitrogen and oxygen atoms in total. The number of nitrogens with one attached hydrogen (secondary N) is 1. The second-order valence-electron chi connectivity index (χ2n) is 5.33. The Balaban J connectivity index is 1.96. The van der Waals surface area contributed by atoms with Gasteiger partial charge < -0.3 is 15.2 Å². The van der Waals surface area contributed by atoms with E-state index in [1.807, 2.05) is 30.3 Å². The normalized spacial score (nSPS) is 35.2. The zero-order valence-corrected chi connectivity index (χ0v) is 10.4. The summed E-state index contributed by atoms with van der Waals surface area (Å²) in [7, 11) is 0. The molecule has 0 amide bonds. The Bertz CT molecular complexity index is 446. The second kappa shape index (κ2) is 4.50. The van der Waals surface area contributed by atoms with E-state index in [1.54, 1.807) is 0 Å². The molecule has 0 aliphatic carbocycles. The van der Waals surface area contributed by atoms with Gasteiger partial charge in [-0.1, -0.05) is 36.9 Å². The smallest absolute Gasteiger partial charge is 0.0933 e. The van der Waals surface area contributed by atoms with Crippen LogP contribution in [0.5, 0.6) is 0 Å². The summed E-state index contributed by atoms with van der Waals surface area (Å²) in [5, 5.41) is 14.5. The first-order valence-corrected chi connectivity index (χ1v) is 6.49. The third-order valence-corrected chi connectivity index (χ3v) is 3.96. The van der Waals surface area contributed by atoms with E-state index in [-0.39, 0.29) is 12.1 Å². The first kappa shape index (κ1) is 11.9. The van der Waals surface area contributed by atoms with Crippen LogP contribution in [-0.2, 0) is 10.3 Å². The van der Waals surface area contributed by atoms with Crippen LogP contribution in [0.3, 0.4) is 0 Å². The maximum Gasteiger partial charge on any atom is 0.0933 e. The maximum atomic E-state index is 11.0. The lowest BCUT2D eigenvalue weighted by Crippen LogP contribution is -2.58. The van der Waals surface area contributed by atoms with Crippen LogP contribution in [0.4, 0.5) is 0 Å². The van der Waals surface area contributed by atoms with E-state index >= 15 is 0 Å². The molecule has 2 aliphatic rings. The molecule has 2 N–H and O–H groups in total. The standard InChI is InChI=1S/C15H19NO2/c1-2-11-5-3-4-6-14(11)15(17)7-12-9-18-10-13(8-15)16-12/h2-6,12-13,16-17H,1,7-10H2. The van der Waals surface area contributed by atoms with E-state index in [4.69, 9.17) is 4.74 Å². The molecular weight excluding hydrogens is 226 g/mol. The third-order valence-electron chi connectivity index (χ3n) is 3.96. The molecule has 3 rings (SSSR count). The van der Waals surface area contributed by atoms with E-state index in [9.17, 15) is 5.11 Å². The van der Waals surface area contributed by atoms with E-state index in [2.05, 4.69) is 11.9 Å². The van der Waals surface area contributed by atoms with Crippen molar-refractivity contribution in [3.63, 3.8) is 0 Å². The predicted molar refractivity (Wildman–Crippen MR) is 71.2 cm³/mol. The number of hydrogen-bond acceptors (Lipinski definition) is 3.